The summed E-state index contributed by atoms with van der Waals surface area (Å²) in [6.07, 6.45) is 9.75. The Labute approximate surface area is 178 Å². The van der Waals surface area contributed by atoms with Gasteiger partial charge < -0.3 is 15.1 Å². The van der Waals surface area contributed by atoms with Gasteiger partial charge in [-0.3, -0.25) is 9.59 Å². The molecule has 6 nitrogen and oxygen atoms in total. The summed E-state index contributed by atoms with van der Waals surface area (Å²) in [4.78, 5) is 35.0. The summed E-state index contributed by atoms with van der Waals surface area (Å²) in [5.74, 6) is 1.26. The van der Waals surface area contributed by atoms with E-state index in [1.807, 2.05) is 11.8 Å². The van der Waals surface area contributed by atoms with Gasteiger partial charge in [0.1, 0.15) is 0 Å². The molecule has 2 fully saturated rings. The lowest BCUT2D eigenvalue weighted by molar-refractivity contribution is -0.131. The highest BCUT2D eigenvalue weighted by atomic mass is 32.1. The molecule has 1 saturated carbocycles. The van der Waals surface area contributed by atoms with E-state index in [0.717, 1.165) is 57.1 Å². The fourth-order valence-corrected chi connectivity index (χ4v) is 6.11. The smallest absolute Gasteiger partial charge is 0.223 e. The first kappa shape index (κ1) is 20.6. The number of nitrogens with one attached hydrogen (secondary N) is 1. The Morgan fingerprint density at radius 2 is 1.86 bits per heavy atom. The third-order valence-corrected chi connectivity index (χ3v) is 7.97. The molecule has 0 aromatic carbocycles. The summed E-state index contributed by atoms with van der Waals surface area (Å²) in [5, 5.41) is 4.31. The third-order valence-electron chi connectivity index (χ3n) is 6.79. The summed E-state index contributed by atoms with van der Waals surface area (Å²) in [5.41, 5.74) is 1.19. The highest BCUT2D eigenvalue weighted by molar-refractivity contribution is 7.15. The average molecular weight is 419 g/mol. The van der Waals surface area contributed by atoms with Crippen molar-refractivity contribution in [3.63, 3.8) is 0 Å². The van der Waals surface area contributed by atoms with Gasteiger partial charge in [-0.05, 0) is 38.0 Å². The number of aromatic nitrogens is 1. The molecule has 1 N–H and O–H groups in total. The van der Waals surface area contributed by atoms with Crippen LogP contribution in [0, 0.1) is 11.8 Å². The molecule has 1 saturated heterocycles. The number of carbonyl (C=O) groups excluding carboxylic acids is 2. The van der Waals surface area contributed by atoms with Gasteiger partial charge in [-0.2, -0.15) is 0 Å². The Kier molecular flexibility index (Phi) is 6.73. The number of rotatable bonds is 5. The molecule has 0 bridgehead atoms. The molecular formula is C22H34N4O2S. The number of aryl methyl sites for hydroxylation is 1. The second-order valence-corrected chi connectivity index (χ2v) is 9.84. The van der Waals surface area contributed by atoms with Crippen molar-refractivity contribution in [1.82, 2.24) is 15.2 Å². The van der Waals surface area contributed by atoms with Crippen LogP contribution >= 0.6 is 11.3 Å². The van der Waals surface area contributed by atoms with Gasteiger partial charge in [0.15, 0.2) is 5.13 Å². The molecule has 1 aromatic heterocycles. The fraction of sp³-hybridized carbons (Fsp3) is 0.773. The second-order valence-electron chi connectivity index (χ2n) is 8.78. The summed E-state index contributed by atoms with van der Waals surface area (Å²) in [6, 6.07) is 0. The van der Waals surface area contributed by atoms with Gasteiger partial charge in [-0.1, -0.05) is 26.2 Å². The highest BCUT2D eigenvalue weighted by Gasteiger charge is 2.30. The van der Waals surface area contributed by atoms with Crippen LogP contribution in [-0.4, -0.2) is 54.4 Å². The first-order valence-electron chi connectivity index (χ1n) is 11.4. The molecule has 0 spiro atoms. The molecule has 1 atom stereocenters. The van der Waals surface area contributed by atoms with Crippen molar-refractivity contribution in [2.75, 3.05) is 37.6 Å². The quantitative estimate of drug-likeness (QED) is 0.798. The molecular weight excluding hydrogens is 384 g/mol. The van der Waals surface area contributed by atoms with E-state index in [0.29, 0.717) is 12.3 Å². The molecule has 2 aliphatic carbocycles. The van der Waals surface area contributed by atoms with Gasteiger partial charge in [-0.25, -0.2) is 4.98 Å². The number of nitrogens with zero attached hydrogens (tertiary/aromatic N) is 3. The lowest BCUT2D eigenvalue weighted by atomic mass is 9.88. The van der Waals surface area contributed by atoms with E-state index in [-0.39, 0.29) is 17.7 Å². The highest BCUT2D eigenvalue weighted by Crippen LogP contribution is 2.34. The maximum atomic E-state index is 12.7. The van der Waals surface area contributed by atoms with Crippen LogP contribution in [0.4, 0.5) is 5.13 Å². The van der Waals surface area contributed by atoms with E-state index >= 15 is 0 Å². The van der Waals surface area contributed by atoms with E-state index in [1.165, 1.54) is 42.7 Å². The first-order valence-corrected chi connectivity index (χ1v) is 12.2. The normalized spacial score (nSPS) is 23.0. The zero-order chi connectivity index (χ0) is 20.2. The Bertz CT molecular complexity index is 720. The van der Waals surface area contributed by atoms with Crippen molar-refractivity contribution < 1.29 is 9.59 Å². The minimum atomic E-state index is 0.0958. The van der Waals surface area contributed by atoms with Crippen LogP contribution in [0.2, 0.25) is 0 Å². The largest absolute Gasteiger partial charge is 0.356 e. The fourth-order valence-electron chi connectivity index (χ4n) is 4.87. The average Bonchev–Trinajstić information content (AvgIpc) is 3.21. The van der Waals surface area contributed by atoms with E-state index in [9.17, 15) is 9.59 Å². The number of hydrogen-bond acceptors (Lipinski definition) is 5. The van der Waals surface area contributed by atoms with E-state index in [4.69, 9.17) is 4.98 Å². The Morgan fingerprint density at radius 1 is 1.10 bits per heavy atom. The van der Waals surface area contributed by atoms with Gasteiger partial charge in [0.25, 0.3) is 0 Å². The van der Waals surface area contributed by atoms with Crippen LogP contribution in [0.1, 0.15) is 62.4 Å². The lowest BCUT2D eigenvalue weighted by Crippen LogP contribution is -2.48. The zero-order valence-corrected chi connectivity index (χ0v) is 18.4. The molecule has 2 heterocycles. The topological polar surface area (TPSA) is 65.5 Å². The molecule has 7 heteroatoms. The monoisotopic (exact) mass is 418 g/mol. The first-order chi connectivity index (χ1) is 14.1. The lowest BCUT2D eigenvalue weighted by Gasteiger charge is -2.34. The molecule has 0 radical (unpaired) electrons. The minimum Gasteiger partial charge on any atom is -0.356 e. The number of thiazole rings is 1. The number of piperazine rings is 1. The third kappa shape index (κ3) is 4.93. The number of amides is 2. The van der Waals surface area contributed by atoms with Gasteiger partial charge >= 0.3 is 0 Å². The number of anilines is 1. The standard InChI is InChI=1S/C22H34N4O2S/c1-2-20(27)25-10-12-26(13-11-25)22-24-18-9-8-17(14-19(18)29-22)21(28)23-15-16-6-4-3-5-7-16/h16-17H,2-15H2,1H3,(H,23,28). The maximum Gasteiger partial charge on any atom is 0.223 e. The predicted molar refractivity (Wildman–Crippen MR) is 116 cm³/mol. The van der Waals surface area contributed by atoms with Crippen LogP contribution in [-0.2, 0) is 22.4 Å². The Morgan fingerprint density at radius 3 is 2.59 bits per heavy atom. The van der Waals surface area contributed by atoms with E-state index in [2.05, 4.69) is 10.2 Å². The van der Waals surface area contributed by atoms with Crippen molar-refractivity contribution in [3.05, 3.63) is 10.6 Å². The number of hydrogen-bond donors (Lipinski definition) is 1. The van der Waals surface area contributed by atoms with Gasteiger partial charge in [0, 0.05) is 49.9 Å². The van der Waals surface area contributed by atoms with Crippen molar-refractivity contribution in [1.29, 1.82) is 0 Å². The van der Waals surface area contributed by atoms with E-state index < -0.39 is 0 Å². The number of carbonyl (C=O) groups is 2. The van der Waals surface area contributed by atoms with Gasteiger partial charge in [-0.15, -0.1) is 11.3 Å². The van der Waals surface area contributed by atoms with Gasteiger partial charge in [0.05, 0.1) is 5.69 Å². The van der Waals surface area contributed by atoms with Crippen LogP contribution in [0.3, 0.4) is 0 Å². The van der Waals surface area contributed by atoms with Crippen molar-refractivity contribution in [3.8, 4) is 0 Å². The molecule has 1 unspecified atom stereocenters. The molecule has 1 aromatic rings. The van der Waals surface area contributed by atoms with Gasteiger partial charge in [0.2, 0.25) is 11.8 Å². The summed E-state index contributed by atoms with van der Waals surface area (Å²) in [6.45, 7) is 6.04. The molecule has 2 amide bonds. The van der Waals surface area contributed by atoms with Crippen molar-refractivity contribution in [2.24, 2.45) is 11.8 Å². The summed E-state index contributed by atoms with van der Waals surface area (Å²) < 4.78 is 0. The van der Waals surface area contributed by atoms with Crippen LogP contribution < -0.4 is 10.2 Å². The second kappa shape index (κ2) is 9.45. The van der Waals surface area contributed by atoms with Crippen LogP contribution in [0.25, 0.3) is 0 Å². The maximum absolute atomic E-state index is 12.7. The van der Waals surface area contributed by atoms with Crippen LogP contribution in [0.5, 0.6) is 0 Å². The van der Waals surface area contributed by atoms with E-state index in [1.54, 1.807) is 11.3 Å². The Balaban J connectivity index is 1.29. The van der Waals surface area contributed by atoms with Crippen molar-refractivity contribution >= 4 is 28.3 Å². The molecule has 160 valence electrons. The molecule has 1 aliphatic heterocycles. The summed E-state index contributed by atoms with van der Waals surface area (Å²) in [7, 11) is 0. The molecule has 3 aliphatic rings. The zero-order valence-electron chi connectivity index (χ0n) is 17.6. The predicted octanol–water partition coefficient (Wildman–Crippen LogP) is 3.00. The van der Waals surface area contributed by atoms with Crippen LogP contribution in [0.15, 0.2) is 0 Å². The number of fused-ring (bicyclic) bond motifs is 1. The summed E-state index contributed by atoms with van der Waals surface area (Å²) >= 11 is 1.76. The Hall–Kier alpha value is -1.63. The van der Waals surface area contributed by atoms with Crippen molar-refractivity contribution in [2.45, 2.75) is 64.7 Å². The molecule has 29 heavy (non-hydrogen) atoms. The SMILES string of the molecule is CCC(=O)N1CCN(c2nc3c(s2)CC(C(=O)NCC2CCCCC2)CC3)CC1. The minimum absolute atomic E-state index is 0.0958. The molecule has 4 rings (SSSR count).